The van der Waals surface area contributed by atoms with Gasteiger partial charge in [-0.05, 0) is 61.3 Å². The quantitative estimate of drug-likeness (QED) is 0.250. The largest absolute Gasteiger partial charge is 0.507 e. The molecule has 1 aromatic carbocycles. The van der Waals surface area contributed by atoms with Crippen LogP contribution in [0.2, 0.25) is 0 Å². The molecule has 0 aromatic heterocycles. The number of esters is 1. The predicted octanol–water partition coefficient (Wildman–Crippen LogP) is 5.91. The number of rotatable bonds is 7. The molecular formula is C25H36O5. The zero-order chi connectivity index (χ0) is 23.4. The third-order valence-corrected chi connectivity index (χ3v) is 4.60. The van der Waals surface area contributed by atoms with Crippen LogP contribution in [0.3, 0.4) is 0 Å². The van der Waals surface area contributed by atoms with Crippen LogP contribution in [0.4, 0.5) is 0 Å². The Hall–Kier alpha value is -2.56. The average molecular weight is 417 g/mol. The van der Waals surface area contributed by atoms with Crippen molar-refractivity contribution in [1.29, 1.82) is 0 Å². The first-order valence-corrected chi connectivity index (χ1v) is 10.3. The highest BCUT2D eigenvalue weighted by atomic mass is 16.5. The Balaban J connectivity index is 3.94. The summed E-state index contributed by atoms with van der Waals surface area (Å²) in [7, 11) is 0. The van der Waals surface area contributed by atoms with Crippen molar-refractivity contribution in [3.8, 4) is 17.2 Å². The number of phenols is 2. The highest BCUT2D eigenvalue weighted by molar-refractivity contribution is 6.03. The Morgan fingerprint density at radius 1 is 0.900 bits per heavy atom. The Bertz CT molecular complexity index is 825. The lowest BCUT2D eigenvalue weighted by atomic mass is 9.90. The minimum absolute atomic E-state index is 0.116. The first-order chi connectivity index (χ1) is 13.7. The highest BCUT2D eigenvalue weighted by Crippen LogP contribution is 2.45. The summed E-state index contributed by atoms with van der Waals surface area (Å²) in [6.07, 6.45) is 4.30. The normalized spacial score (nSPS) is 11.3. The zero-order valence-electron chi connectivity index (χ0n) is 19.8. The van der Waals surface area contributed by atoms with Crippen LogP contribution in [0.1, 0.15) is 83.8 Å². The van der Waals surface area contributed by atoms with Crippen LogP contribution in [0.15, 0.2) is 23.3 Å². The van der Waals surface area contributed by atoms with Gasteiger partial charge in [0.05, 0.1) is 5.41 Å². The van der Waals surface area contributed by atoms with Gasteiger partial charge in [0.15, 0.2) is 5.78 Å². The van der Waals surface area contributed by atoms with Crippen molar-refractivity contribution in [2.75, 3.05) is 0 Å². The second kappa shape index (κ2) is 9.96. The van der Waals surface area contributed by atoms with E-state index in [4.69, 9.17) is 4.74 Å². The van der Waals surface area contributed by atoms with Crippen molar-refractivity contribution in [3.05, 3.63) is 40.0 Å². The van der Waals surface area contributed by atoms with Gasteiger partial charge in [-0.25, -0.2) is 0 Å². The molecule has 5 nitrogen and oxygen atoms in total. The average Bonchev–Trinajstić information content (AvgIpc) is 2.59. The molecule has 0 bridgehead atoms. The first kappa shape index (κ1) is 25.5. The number of carbonyl (C=O) groups is 2. The number of ketones is 1. The molecule has 30 heavy (non-hydrogen) atoms. The van der Waals surface area contributed by atoms with Gasteiger partial charge in [-0.1, -0.05) is 37.1 Å². The molecule has 0 aliphatic rings. The van der Waals surface area contributed by atoms with E-state index < -0.39 is 17.3 Å². The predicted molar refractivity (Wildman–Crippen MR) is 120 cm³/mol. The van der Waals surface area contributed by atoms with E-state index in [-0.39, 0.29) is 41.4 Å². The topological polar surface area (TPSA) is 83.8 Å². The lowest BCUT2D eigenvalue weighted by molar-refractivity contribution is -0.143. The van der Waals surface area contributed by atoms with E-state index in [0.29, 0.717) is 11.1 Å². The summed E-state index contributed by atoms with van der Waals surface area (Å²) in [5.74, 6) is -1.81. The summed E-state index contributed by atoms with van der Waals surface area (Å²) < 4.78 is 5.73. The van der Waals surface area contributed by atoms with Crippen molar-refractivity contribution in [2.24, 2.45) is 11.3 Å². The van der Waals surface area contributed by atoms with E-state index in [1.54, 1.807) is 34.6 Å². The molecule has 0 saturated carbocycles. The molecule has 0 aliphatic heterocycles. The van der Waals surface area contributed by atoms with Crippen LogP contribution in [-0.4, -0.2) is 22.0 Å². The summed E-state index contributed by atoms with van der Waals surface area (Å²) in [4.78, 5) is 25.5. The smallest absolute Gasteiger partial charge is 0.316 e. The molecule has 0 aliphatic carbocycles. The Labute approximate surface area is 180 Å². The van der Waals surface area contributed by atoms with E-state index in [9.17, 15) is 19.8 Å². The molecule has 0 heterocycles. The van der Waals surface area contributed by atoms with Gasteiger partial charge in [-0.15, -0.1) is 0 Å². The summed E-state index contributed by atoms with van der Waals surface area (Å²) >= 11 is 0. The van der Waals surface area contributed by atoms with E-state index in [1.165, 1.54) is 0 Å². The fraction of sp³-hybridized carbons (Fsp3) is 0.520. The van der Waals surface area contributed by atoms with E-state index >= 15 is 0 Å². The summed E-state index contributed by atoms with van der Waals surface area (Å²) in [6.45, 7) is 16.3. The third-order valence-electron chi connectivity index (χ3n) is 4.60. The molecule has 0 amide bonds. The van der Waals surface area contributed by atoms with Crippen LogP contribution in [0.5, 0.6) is 17.2 Å². The molecule has 2 N–H and O–H groups in total. The molecule has 0 radical (unpaired) electrons. The van der Waals surface area contributed by atoms with Crippen molar-refractivity contribution in [3.63, 3.8) is 0 Å². The van der Waals surface area contributed by atoms with Crippen LogP contribution < -0.4 is 4.74 Å². The molecule has 0 atom stereocenters. The lowest BCUT2D eigenvalue weighted by Gasteiger charge is -2.23. The maximum absolute atomic E-state index is 12.8. The van der Waals surface area contributed by atoms with Crippen molar-refractivity contribution >= 4 is 11.8 Å². The SMILES string of the molecule is CC(C)=CCc1c(O)c(C(=O)C(C)C)c(O)c(CC=C(C)C)c1OC(=O)C(C)(C)C. The molecule has 1 rings (SSSR count). The molecule has 0 fully saturated rings. The van der Waals surface area contributed by atoms with E-state index in [0.717, 1.165) is 11.1 Å². The van der Waals surface area contributed by atoms with Crippen molar-refractivity contribution in [2.45, 2.75) is 75.2 Å². The molecule has 1 aromatic rings. The van der Waals surface area contributed by atoms with Gasteiger partial charge in [-0.2, -0.15) is 0 Å². The van der Waals surface area contributed by atoms with Crippen LogP contribution in [-0.2, 0) is 17.6 Å². The number of ether oxygens (including phenoxy) is 1. The van der Waals surface area contributed by atoms with E-state index in [2.05, 4.69) is 0 Å². The minimum atomic E-state index is -0.779. The third kappa shape index (κ3) is 6.22. The standard InChI is InChI=1S/C25H36O5/c1-14(2)10-12-17-21(27)19(20(26)16(5)6)22(28)18(13-11-15(3)4)23(17)30-24(29)25(7,8)9/h10-11,16,27-28H,12-13H2,1-9H3. The number of carbonyl (C=O) groups excluding carboxylic acids is 2. The van der Waals surface area contributed by atoms with Gasteiger partial charge in [0, 0.05) is 17.0 Å². The number of hydrogen-bond donors (Lipinski definition) is 2. The van der Waals surface area contributed by atoms with Crippen LogP contribution >= 0.6 is 0 Å². The fourth-order valence-electron chi connectivity index (χ4n) is 2.69. The maximum atomic E-state index is 12.8. The zero-order valence-corrected chi connectivity index (χ0v) is 19.8. The Morgan fingerprint density at radius 3 is 1.60 bits per heavy atom. The lowest BCUT2D eigenvalue weighted by Crippen LogP contribution is -2.26. The molecular weight excluding hydrogens is 380 g/mol. The second-order valence-electron chi connectivity index (χ2n) is 9.49. The van der Waals surface area contributed by atoms with Crippen molar-refractivity contribution < 1.29 is 24.5 Å². The second-order valence-corrected chi connectivity index (χ2v) is 9.49. The van der Waals surface area contributed by atoms with Gasteiger partial charge in [0.2, 0.25) is 0 Å². The van der Waals surface area contributed by atoms with Gasteiger partial charge in [0.25, 0.3) is 0 Å². The molecule has 0 spiro atoms. The number of aromatic hydroxyl groups is 2. The first-order valence-electron chi connectivity index (χ1n) is 10.3. The highest BCUT2D eigenvalue weighted by Gasteiger charge is 2.32. The van der Waals surface area contributed by atoms with Gasteiger partial charge >= 0.3 is 5.97 Å². The van der Waals surface area contributed by atoms with Crippen LogP contribution in [0.25, 0.3) is 0 Å². The van der Waals surface area contributed by atoms with Crippen LogP contribution in [0, 0.1) is 11.3 Å². The molecule has 0 unspecified atom stereocenters. The Morgan fingerprint density at radius 2 is 1.30 bits per heavy atom. The Kier molecular flexibility index (Phi) is 8.46. The molecule has 166 valence electrons. The van der Waals surface area contributed by atoms with Gasteiger partial charge in [-0.3, -0.25) is 9.59 Å². The number of phenolic OH excluding ortho intramolecular Hbond substituents is 2. The fourth-order valence-corrected chi connectivity index (χ4v) is 2.69. The summed E-state index contributed by atoms with van der Waals surface area (Å²) in [5, 5.41) is 22.0. The summed E-state index contributed by atoms with van der Waals surface area (Å²) in [5.41, 5.74) is 1.78. The number of benzene rings is 1. The van der Waals surface area contributed by atoms with Gasteiger partial charge < -0.3 is 14.9 Å². The summed E-state index contributed by atoms with van der Waals surface area (Å²) in [6, 6.07) is 0. The van der Waals surface area contributed by atoms with E-state index in [1.807, 2.05) is 39.8 Å². The van der Waals surface area contributed by atoms with Gasteiger partial charge in [0.1, 0.15) is 22.8 Å². The van der Waals surface area contributed by atoms with Crippen molar-refractivity contribution in [1.82, 2.24) is 0 Å². The molecule has 5 heteroatoms. The number of hydrogen-bond acceptors (Lipinski definition) is 5. The maximum Gasteiger partial charge on any atom is 0.316 e. The minimum Gasteiger partial charge on any atom is -0.507 e. The monoisotopic (exact) mass is 416 g/mol. The molecule has 0 saturated heterocycles. The number of Topliss-reactive ketones (excluding diaryl/α,β-unsaturated/α-hetero) is 1. The number of allylic oxidation sites excluding steroid dienone is 4.